The van der Waals surface area contributed by atoms with Crippen molar-refractivity contribution in [2.45, 2.75) is 12.8 Å². The predicted octanol–water partition coefficient (Wildman–Crippen LogP) is 6.14. The minimum atomic E-state index is 0.784. The van der Waals surface area contributed by atoms with Crippen LogP contribution >= 0.6 is 11.6 Å². The summed E-state index contributed by atoms with van der Waals surface area (Å²) in [5.74, 6) is 0. The van der Waals surface area contributed by atoms with Crippen molar-refractivity contribution in [1.29, 1.82) is 0 Å². The molecule has 3 aromatic carbocycles. The van der Waals surface area contributed by atoms with Crippen molar-refractivity contribution in [2.24, 2.45) is 0 Å². The molecule has 0 aliphatic heterocycles. The van der Waals surface area contributed by atoms with E-state index < -0.39 is 0 Å². The lowest BCUT2D eigenvalue weighted by Gasteiger charge is -2.10. The second-order valence-corrected chi connectivity index (χ2v) is 5.69. The Hall–Kier alpha value is -2.05. The van der Waals surface area contributed by atoms with E-state index in [-0.39, 0.29) is 0 Å². The molecule has 0 spiro atoms. The fraction of sp³-hybridized carbons (Fsp3) is 0.100. The SMILES string of the molecule is C=C(CCc1ccc(Cl)cc1)c1cccc2ccccc12. The lowest BCUT2D eigenvalue weighted by molar-refractivity contribution is 1.02. The van der Waals surface area contributed by atoms with Crippen LogP contribution in [0.25, 0.3) is 16.3 Å². The van der Waals surface area contributed by atoms with E-state index in [1.165, 1.54) is 27.5 Å². The molecule has 0 N–H and O–H groups in total. The minimum Gasteiger partial charge on any atom is -0.0952 e. The minimum absolute atomic E-state index is 0.784. The van der Waals surface area contributed by atoms with Crippen molar-refractivity contribution in [2.75, 3.05) is 0 Å². The number of aryl methyl sites for hydroxylation is 1. The Morgan fingerprint density at radius 1 is 0.857 bits per heavy atom. The van der Waals surface area contributed by atoms with Gasteiger partial charge >= 0.3 is 0 Å². The summed E-state index contributed by atoms with van der Waals surface area (Å²) < 4.78 is 0. The first kappa shape index (κ1) is 13.9. The van der Waals surface area contributed by atoms with Gasteiger partial charge in [0.2, 0.25) is 0 Å². The summed E-state index contributed by atoms with van der Waals surface area (Å²) in [6, 6.07) is 22.9. The van der Waals surface area contributed by atoms with E-state index in [1.54, 1.807) is 0 Å². The molecule has 21 heavy (non-hydrogen) atoms. The van der Waals surface area contributed by atoms with E-state index in [0.29, 0.717) is 0 Å². The van der Waals surface area contributed by atoms with Gasteiger partial charge in [0.1, 0.15) is 0 Å². The van der Waals surface area contributed by atoms with Crippen LogP contribution in [0, 0.1) is 0 Å². The van der Waals surface area contributed by atoms with Gasteiger partial charge < -0.3 is 0 Å². The topological polar surface area (TPSA) is 0 Å². The number of fused-ring (bicyclic) bond motifs is 1. The Bertz CT molecular complexity index is 764. The number of benzene rings is 3. The molecule has 0 aliphatic rings. The van der Waals surface area contributed by atoms with E-state index in [2.05, 4.69) is 61.2 Å². The van der Waals surface area contributed by atoms with Crippen LogP contribution in [0.4, 0.5) is 0 Å². The molecule has 1 heteroatoms. The van der Waals surface area contributed by atoms with Crippen LogP contribution in [0.15, 0.2) is 73.3 Å². The van der Waals surface area contributed by atoms with Crippen LogP contribution < -0.4 is 0 Å². The van der Waals surface area contributed by atoms with Crippen LogP contribution in [0.1, 0.15) is 17.5 Å². The lowest BCUT2D eigenvalue weighted by atomic mass is 9.95. The van der Waals surface area contributed by atoms with Gasteiger partial charge in [0.25, 0.3) is 0 Å². The van der Waals surface area contributed by atoms with E-state index in [1.807, 2.05) is 12.1 Å². The largest absolute Gasteiger partial charge is 0.0952 e. The molecule has 0 atom stereocenters. The van der Waals surface area contributed by atoms with Crippen molar-refractivity contribution >= 4 is 27.9 Å². The van der Waals surface area contributed by atoms with Gasteiger partial charge in [-0.05, 0) is 52.4 Å². The summed E-state index contributed by atoms with van der Waals surface area (Å²) in [5.41, 5.74) is 3.73. The molecule has 0 saturated carbocycles. The van der Waals surface area contributed by atoms with Crippen molar-refractivity contribution in [3.05, 3.63) is 89.5 Å². The van der Waals surface area contributed by atoms with Gasteiger partial charge in [0.05, 0.1) is 0 Å². The maximum absolute atomic E-state index is 5.92. The number of hydrogen-bond acceptors (Lipinski definition) is 0. The highest BCUT2D eigenvalue weighted by Crippen LogP contribution is 2.27. The van der Waals surface area contributed by atoms with E-state index in [9.17, 15) is 0 Å². The molecule has 104 valence electrons. The third-order valence-corrected chi connectivity index (χ3v) is 4.05. The summed E-state index contributed by atoms with van der Waals surface area (Å²) in [7, 11) is 0. The highest BCUT2D eigenvalue weighted by atomic mass is 35.5. The molecule has 0 radical (unpaired) electrons. The molecule has 0 unspecified atom stereocenters. The summed E-state index contributed by atoms with van der Waals surface area (Å²) in [6.45, 7) is 4.28. The van der Waals surface area contributed by atoms with Gasteiger partial charge in [-0.1, -0.05) is 72.8 Å². The van der Waals surface area contributed by atoms with Crippen molar-refractivity contribution in [3.8, 4) is 0 Å². The molecule has 0 fully saturated rings. The van der Waals surface area contributed by atoms with Gasteiger partial charge in [-0.25, -0.2) is 0 Å². The molecule has 0 amide bonds. The molecular formula is C20H17Cl. The highest BCUT2D eigenvalue weighted by Gasteiger charge is 2.04. The molecule has 0 heterocycles. The summed E-state index contributed by atoms with van der Waals surface area (Å²) in [6.07, 6.45) is 1.94. The molecule has 3 aromatic rings. The average molecular weight is 293 g/mol. The lowest BCUT2D eigenvalue weighted by Crippen LogP contribution is -1.90. The van der Waals surface area contributed by atoms with Crippen LogP contribution in [0.2, 0.25) is 5.02 Å². The Balaban J connectivity index is 1.79. The first-order valence-corrected chi connectivity index (χ1v) is 7.52. The third-order valence-electron chi connectivity index (χ3n) is 3.80. The fourth-order valence-corrected chi connectivity index (χ4v) is 2.74. The Labute approximate surface area is 130 Å². The number of hydrogen-bond donors (Lipinski definition) is 0. The van der Waals surface area contributed by atoms with Crippen molar-refractivity contribution < 1.29 is 0 Å². The van der Waals surface area contributed by atoms with Crippen LogP contribution in [0.3, 0.4) is 0 Å². The maximum atomic E-state index is 5.92. The molecule has 0 aromatic heterocycles. The van der Waals surface area contributed by atoms with Gasteiger partial charge in [0, 0.05) is 5.02 Å². The van der Waals surface area contributed by atoms with Crippen LogP contribution in [-0.2, 0) is 6.42 Å². The quantitative estimate of drug-likeness (QED) is 0.542. The smallest absolute Gasteiger partial charge is 0.0406 e. The summed E-state index contributed by atoms with van der Waals surface area (Å²) >= 11 is 5.92. The highest BCUT2D eigenvalue weighted by molar-refractivity contribution is 6.30. The Morgan fingerprint density at radius 3 is 2.38 bits per heavy atom. The molecule has 0 bridgehead atoms. The first-order valence-electron chi connectivity index (χ1n) is 7.14. The Kier molecular flexibility index (Phi) is 4.08. The van der Waals surface area contributed by atoms with E-state index in [0.717, 1.165) is 17.9 Å². The summed E-state index contributed by atoms with van der Waals surface area (Å²) in [4.78, 5) is 0. The molecular weight excluding hydrogens is 276 g/mol. The van der Waals surface area contributed by atoms with Crippen molar-refractivity contribution in [1.82, 2.24) is 0 Å². The van der Waals surface area contributed by atoms with Crippen molar-refractivity contribution in [3.63, 3.8) is 0 Å². The molecule has 0 nitrogen and oxygen atoms in total. The average Bonchev–Trinajstić information content (AvgIpc) is 2.53. The van der Waals surface area contributed by atoms with E-state index in [4.69, 9.17) is 11.6 Å². The van der Waals surface area contributed by atoms with Crippen LogP contribution in [0.5, 0.6) is 0 Å². The molecule has 0 aliphatic carbocycles. The molecule has 3 rings (SSSR count). The maximum Gasteiger partial charge on any atom is 0.0406 e. The van der Waals surface area contributed by atoms with Gasteiger partial charge in [-0.3, -0.25) is 0 Å². The zero-order valence-corrected chi connectivity index (χ0v) is 12.6. The zero-order chi connectivity index (χ0) is 14.7. The second kappa shape index (κ2) is 6.15. The number of allylic oxidation sites excluding steroid dienone is 1. The number of rotatable bonds is 4. The van der Waals surface area contributed by atoms with Gasteiger partial charge in [-0.2, -0.15) is 0 Å². The monoisotopic (exact) mass is 292 g/mol. The third kappa shape index (κ3) is 3.17. The first-order chi connectivity index (χ1) is 10.2. The fourth-order valence-electron chi connectivity index (χ4n) is 2.61. The van der Waals surface area contributed by atoms with Gasteiger partial charge in [-0.15, -0.1) is 0 Å². The molecule has 0 saturated heterocycles. The second-order valence-electron chi connectivity index (χ2n) is 5.26. The van der Waals surface area contributed by atoms with E-state index >= 15 is 0 Å². The van der Waals surface area contributed by atoms with Crippen LogP contribution in [-0.4, -0.2) is 0 Å². The summed E-state index contributed by atoms with van der Waals surface area (Å²) in [5, 5.41) is 3.33. The standard InChI is InChI=1S/C20H17Cl/c1-15(9-10-16-11-13-18(21)14-12-16)19-8-4-6-17-5-2-3-7-20(17)19/h2-8,11-14H,1,9-10H2. The predicted molar refractivity (Wildman–Crippen MR) is 92.8 cm³/mol. The zero-order valence-electron chi connectivity index (χ0n) is 11.9. The number of halogens is 1. The van der Waals surface area contributed by atoms with Gasteiger partial charge in [0.15, 0.2) is 0 Å². The Morgan fingerprint density at radius 2 is 1.57 bits per heavy atom. The normalized spacial score (nSPS) is 10.7.